The van der Waals surface area contributed by atoms with Gasteiger partial charge in [0.05, 0.1) is 0 Å². The second-order valence-electron chi connectivity index (χ2n) is 7.20. The number of anilines is 1. The quantitative estimate of drug-likeness (QED) is 0.848. The fraction of sp³-hybridized carbons (Fsp3) is 0.350. The average molecular weight is 335 g/mol. The molecule has 2 fully saturated rings. The van der Waals surface area contributed by atoms with E-state index in [2.05, 4.69) is 4.98 Å². The predicted molar refractivity (Wildman–Crippen MR) is 95.3 cm³/mol. The normalized spacial score (nSPS) is 22.8. The largest absolute Gasteiger partial charge is 0.338 e. The molecule has 0 saturated carbocycles. The third kappa shape index (κ3) is 2.90. The second kappa shape index (κ2) is 5.99. The van der Waals surface area contributed by atoms with Crippen LogP contribution in [0.5, 0.6) is 0 Å². The number of hydrogen-bond donors (Lipinski definition) is 0. The molecule has 1 atom stereocenters. The summed E-state index contributed by atoms with van der Waals surface area (Å²) >= 11 is 0. The SMILES string of the molecule is Cc1ccc(N2C[C@]3(CCN(C(=O)c4ccncc4)C3)CC2=O)cc1. The lowest BCUT2D eigenvalue weighted by Gasteiger charge is -2.24. The van der Waals surface area contributed by atoms with E-state index in [0.717, 1.165) is 12.1 Å². The Hall–Kier alpha value is -2.69. The molecule has 2 saturated heterocycles. The fourth-order valence-electron chi connectivity index (χ4n) is 3.91. The maximum atomic E-state index is 12.7. The lowest BCUT2D eigenvalue weighted by molar-refractivity contribution is -0.117. The highest BCUT2D eigenvalue weighted by atomic mass is 16.2. The van der Waals surface area contributed by atoms with E-state index in [1.807, 2.05) is 41.0 Å². The molecule has 0 unspecified atom stereocenters. The third-order valence-corrected chi connectivity index (χ3v) is 5.32. The number of amides is 2. The smallest absolute Gasteiger partial charge is 0.253 e. The third-order valence-electron chi connectivity index (χ3n) is 5.32. The van der Waals surface area contributed by atoms with Crippen molar-refractivity contribution in [1.29, 1.82) is 0 Å². The first-order valence-corrected chi connectivity index (χ1v) is 8.63. The van der Waals surface area contributed by atoms with Crippen molar-refractivity contribution < 1.29 is 9.59 Å². The molecular formula is C20H21N3O2. The van der Waals surface area contributed by atoms with Crippen LogP contribution in [0.2, 0.25) is 0 Å². The van der Waals surface area contributed by atoms with E-state index < -0.39 is 0 Å². The van der Waals surface area contributed by atoms with Crippen molar-refractivity contribution in [3.05, 3.63) is 59.9 Å². The Morgan fingerprint density at radius 1 is 1.08 bits per heavy atom. The van der Waals surface area contributed by atoms with Gasteiger partial charge in [0.15, 0.2) is 0 Å². The monoisotopic (exact) mass is 335 g/mol. The van der Waals surface area contributed by atoms with E-state index in [4.69, 9.17) is 0 Å². The van der Waals surface area contributed by atoms with Crippen LogP contribution in [-0.4, -0.2) is 41.3 Å². The fourth-order valence-corrected chi connectivity index (χ4v) is 3.91. The Bertz CT molecular complexity index is 803. The van der Waals surface area contributed by atoms with Gasteiger partial charge >= 0.3 is 0 Å². The summed E-state index contributed by atoms with van der Waals surface area (Å²) in [6.07, 6.45) is 4.66. The molecule has 1 aromatic carbocycles. The van der Waals surface area contributed by atoms with Gasteiger partial charge in [0, 0.05) is 55.1 Å². The lowest BCUT2D eigenvalue weighted by Crippen LogP contribution is -2.34. The molecule has 2 aromatic rings. The van der Waals surface area contributed by atoms with Crippen LogP contribution in [-0.2, 0) is 4.79 Å². The Kier molecular flexibility index (Phi) is 3.79. The van der Waals surface area contributed by atoms with Crippen molar-refractivity contribution in [2.75, 3.05) is 24.5 Å². The number of pyridine rings is 1. The number of carbonyl (C=O) groups is 2. The van der Waals surface area contributed by atoms with Crippen molar-refractivity contribution in [3.8, 4) is 0 Å². The van der Waals surface area contributed by atoms with Gasteiger partial charge in [0.1, 0.15) is 0 Å². The zero-order chi connectivity index (χ0) is 17.4. The van der Waals surface area contributed by atoms with Crippen molar-refractivity contribution >= 4 is 17.5 Å². The van der Waals surface area contributed by atoms with Crippen LogP contribution in [0.15, 0.2) is 48.8 Å². The van der Waals surface area contributed by atoms with Crippen LogP contribution < -0.4 is 4.90 Å². The molecule has 3 heterocycles. The minimum absolute atomic E-state index is 0.0282. The summed E-state index contributed by atoms with van der Waals surface area (Å²) in [4.78, 5) is 33.0. The minimum Gasteiger partial charge on any atom is -0.338 e. The Morgan fingerprint density at radius 2 is 1.80 bits per heavy atom. The van der Waals surface area contributed by atoms with Gasteiger partial charge in [-0.2, -0.15) is 0 Å². The van der Waals surface area contributed by atoms with Gasteiger partial charge in [0.2, 0.25) is 5.91 Å². The Morgan fingerprint density at radius 3 is 2.52 bits per heavy atom. The molecule has 0 N–H and O–H groups in total. The highest BCUT2D eigenvalue weighted by Crippen LogP contribution is 2.42. The first-order chi connectivity index (χ1) is 12.1. The number of carbonyl (C=O) groups excluding carboxylic acids is 2. The lowest BCUT2D eigenvalue weighted by atomic mass is 9.86. The summed E-state index contributed by atoms with van der Waals surface area (Å²) in [5.74, 6) is 0.183. The topological polar surface area (TPSA) is 53.5 Å². The number of hydrogen-bond acceptors (Lipinski definition) is 3. The summed E-state index contributed by atoms with van der Waals surface area (Å²) < 4.78 is 0. The molecule has 4 rings (SSSR count). The first-order valence-electron chi connectivity index (χ1n) is 8.63. The molecule has 5 heteroatoms. The highest BCUT2D eigenvalue weighted by Gasteiger charge is 2.48. The van der Waals surface area contributed by atoms with E-state index in [1.54, 1.807) is 24.5 Å². The molecule has 0 aliphatic carbocycles. The van der Waals surface area contributed by atoms with Crippen molar-refractivity contribution in [2.24, 2.45) is 5.41 Å². The molecule has 1 aromatic heterocycles. The van der Waals surface area contributed by atoms with Gasteiger partial charge in [-0.3, -0.25) is 14.6 Å². The molecule has 5 nitrogen and oxygen atoms in total. The molecule has 2 aliphatic rings. The maximum absolute atomic E-state index is 12.7. The van der Waals surface area contributed by atoms with Gasteiger partial charge in [-0.05, 0) is 37.6 Å². The van der Waals surface area contributed by atoms with Gasteiger partial charge in [-0.25, -0.2) is 0 Å². The van der Waals surface area contributed by atoms with Crippen LogP contribution in [0.4, 0.5) is 5.69 Å². The number of aryl methyl sites for hydroxylation is 1. The van der Waals surface area contributed by atoms with Gasteiger partial charge in [0.25, 0.3) is 5.91 Å². The van der Waals surface area contributed by atoms with Crippen molar-refractivity contribution in [2.45, 2.75) is 19.8 Å². The van der Waals surface area contributed by atoms with Gasteiger partial charge in [-0.15, -0.1) is 0 Å². The Labute approximate surface area is 147 Å². The van der Waals surface area contributed by atoms with E-state index in [1.165, 1.54) is 5.56 Å². The van der Waals surface area contributed by atoms with E-state index >= 15 is 0 Å². The maximum Gasteiger partial charge on any atom is 0.253 e. The summed E-state index contributed by atoms with van der Waals surface area (Å²) in [7, 11) is 0. The van der Waals surface area contributed by atoms with Crippen LogP contribution in [0.25, 0.3) is 0 Å². The molecule has 0 bridgehead atoms. The van der Waals surface area contributed by atoms with E-state index in [0.29, 0.717) is 31.6 Å². The summed E-state index contributed by atoms with van der Waals surface area (Å²) in [6, 6.07) is 11.5. The standard InChI is InChI=1S/C20H21N3O2/c1-15-2-4-17(5-3-15)23-14-20(12-18(23)24)8-11-22(13-20)19(25)16-6-9-21-10-7-16/h2-7,9-10H,8,11-14H2,1H3/t20-/m1/s1. The molecule has 1 spiro atoms. The second-order valence-corrected chi connectivity index (χ2v) is 7.20. The van der Waals surface area contributed by atoms with Crippen molar-refractivity contribution in [3.63, 3.8) is 0 Å². The number of rotatable bonds is 2. The molecular weight excluding hydrogens is 314 g/mol. The van der Waals surface area contributed by atoms with Crippen LogP contribution in [0.3, 0.4) is 0 Å². The highest BCUT2D eigenvalue weighted by molar-refractivity contribution is 5.97. The first kappa shape index (κ1) is 15.8. The molecule has 128 valence electrons. The molecule has 25 heavy (non-hydrogen) atoms. The summed E-state index contributed by atoms with van der Waals surface area (Å²) in [6.45, 7) is 4.07. The minimum atomic E-state index is -0.120. The number of aromatic nitrogens is 1. The predicted octanol–water partition coefficient (Wildman–Crippen LogP) is 2.66. The van der Waals surface area contributed by atoms with Crippen LogP contribution in [0.1, 0.15) is 28.8 Å². The van der Waals surface area contributed by atoms with Crippen molar-refractivity contribution in [1.82, 2.24) is 9.88 Å². The molecule has 2 amide bonds. The van der Waals surface area contributed by atoms with E-state index in [-0.39, 0.29) is 17.2 Å². The molecule has 0 radical (unpaired) electrons. The number of nitrogens with zero attached hydrogens (tertiary/aromatic N) is 3. The van der Waals surface area contributed by atoms with Gasteiger partial charge in [-0.1, -0.05) is 17.7 Å². The Balaban J connectivity index is 1.50. The summed E-state index contributed by atoms with van der Waals surface area (Å²) in [5.41, 5.74) is 2.67. The average Bonchev–Trinajstić information content (AvgIpc) is 3.19. The zero-order valence-electron chi connectivity index (χ0n) is 14.3. The zero-order valence-corrected chi connectivity index (χ0v) is 14.3. The van der Waals surface area contributed by atoms with Crippen LogP contribution in [0, 0.1) is 12.3 Å². The molecule has 2 aliphatic heterocycles. The number of benzene rings is 1. The summed E-state index contributed by atoms with van der Waals surface area (Å²) in [5, 5.41) is 0. The van der Waals surface area contributed by atoms with Crippen LogP contribution >= 0.6 is 0 Å². The number of likely N-dealkylation sites (tertiary alicyclic amines) is 1. The van der Waals surface area contributed by atoms with E-state index in [9.17, 15) is 9.59 Å². The van der Waals surface area contributed by atoms with Gasteiger partial charge < -0.3 is 9.80 Å².